The summed E-state index contributed by atoms with van der Waals surface area (Å²) >= 11 is 0. The number of hydrogen-bond donors (Lipinski definition) is 3. The van der Waals surface area contributed by atoms with Gasteiger partial charge in [-0.1, -0.05) is 0 Å². The normalized spacial score (nSPS) is 14.2. The van der Waals surface area contributed by atoms with Gasteiger partial charge in [0, 0.05) is 10.8 Å². The zero-order chi connectivity index (χ0) is 19.4. The Morgan fingerprint density at radius 2 is 1.50 bits per heavy atom. The van der Waals surface area contributed by atoms with E-state index >= 15 is 0 Å². The first-order valence-corrected chi connectivity index (χ1v) is 9.39. The molecule has 1 amide bonds. The van der Waals surface area contributed by atoms with E-state index in [0.29, 0.717) is 6.07 Å². The molecular weight excluding hydrogens is 394 g/mol. The molecule has 0 spiro atoms. The molecule has 3 rings (SSSR count). The number of hydrogen-bond acceptors (Lipinski definition) is 8. The minimum atomic E-state index is -4.98. The largest absolute Gasteiger partial charge is 0.386 e. The van der Waals surface area contributed by atoms with Crippen molar-refractivity contribution in [2.45, 2.75) is 9.79 Å². The van der Waals surface area contributed by atoms with Gasteiger partial charge in [-0.3, -0.25) is 13.9 Å². The molecule has 13 heteroatoms. The second-order valence-corrected chi connectivity index (χ2v) is 7.89. The molecule has 0 aliphatic carbocycles. The van der Waals surface area contributed by atoms with E-state index in [1.165, 1.54) is 0 Å². The number of ether oxygens (including phenoxy) is 1. The smallest absolute Gasteiger partial charge is 0.346 e. The zero-order valence-corrected chi connectivity index (χ0v) is 13.9. The first-order valence-electron chi connectivity index (χ1n) is 6.51. The van der Waals surface area contributed by atoms with Crippen molar-refractivity contribution in [2.24, 2.45) is 0 Å². The molecule has 0 bridgehead atoms. The predicted octanol–water partition coefficient (Wildman–Crippen LogP) is 0.212. The lowest BCUT2D eigenvalue weighted by molar-refractivity contribution is -0.105. The summed E-state index contributed by atoms with van der Waals surface area (Å²) in [4.78, 5) is 33.0. The summed E-state index contributed by atoms with van der Waals surface area (Å²) in [6.45, 7) is 0. The first kappa shape index (κ1) is 17.9. The van der Waals surface area contributed by atoms with Gasteiger partial charge in [-0.25, -0.2) is 9.59 Å². The highest BCUT2D eigenvalue weighted by Gasteiger charge is 2.33. The van der Waals surface area contributed by atoms with Crippen molar-refractivity contribution >= 4 is 55.0 Å². The molecule has 26 heavy (non-hydrogen) atoms. The molecule has 0 radical (unpaired) electrons. The van der Waals surface area contributed by atoms with Gasteiger partial charge in [0.25, 0.3) is 20.2 Å². The maximum absolute atomic E-state index is 11.9. The highest BCUT2D eigenvalue weighted by atomic mass is 32.2. The molecule has 0 aromatic heterocycles. The summed E-state index contributed by atoms with van der Waals surface area (Å²) < 4.78 is 69.1. The van der Waals surface area contributed by atoms with Crippen molar-refractivity contribution in [1.29, 1.82) is 0 Å². The van der Waals surface area contributed by atoms with Crippen LogP contribution in [0.15, 0.2) is 28.0 Å². The number of carbonyl (C=O) groups is 3. The van der Waals surface area contributed by atoms with Gasteiger partial charge in [0.05, 0.1) is 21.7 Å². The second kappa shape index (κ2) is 5.57. The van der Waals surface area contributed by atoms with Crippen LogP contribution in [-0.4, -0.2) is 44.3 Å². The molecule has 0 saturated carbocycles. The van der Waals surface area contributed by atoms with Gasteiger partial charge in [-0.15, -0.1) is 0 Å². The molecule has 11 nitrogen and oxygen atoms in total. The third-order valence-corrected chi connectivity index (χ3v) is 5.29. The van der Waals surface area contributed by atoms with Gasteiger partial charge in [0.15, 0.2) is 0 Å². The molecule has 0 saturated heterocycles. The second-order valence-electron chi connectivity index (χ2n) is 5.08. The summed E-state index contributed by atoms with van der Waals surface area (Å²) in [6, 6.07) is 2.15. The fourth-order valence-corrected chi connectivity index (χ4v) is 3.81. The van der Waals surface area contributed by atoms with Crippen molar-refractivity contribution < 1.29 is 45.1 Å². The average molecular weight is 401 g/mol. The highest BCUT2D eigenvalue weighted by molar-refractivity contribution is 7.86. The first-order chi connectivity index (χ1) is 11.9. The Kier molecular flexibility index (Phi) is 3.84. The molecule has 3 N–H and O–H groups in total. The number of benzene rings is 2. The summed E-state index contributed by atoms with van der Waals surface area (Å²) in [5.74, 6) is -2.48. The van der Waals surface area contributed by atoms with Crippen LogP contribution in [0.5, 0.6) is 0 Å². The van der Waals surface area contributed by atoms with Crippen molar-refractivity contribution in [3.05, 3.63) is 29.3 Å². The standard InChI is InChI=1S/C13H7NO10S2/c15-4-14-11-6-1-5(25(18,19)20)2-7-10(6)8(13(17)24-12(7)16)3-9(11)26(21,22)23/h1-4H,(H,14,15)(H,18,19,20)(H,21,22,23). The Morgan fingerprint density at radius 3 is 2.00 bits per heavy atom. The van der Waals surface area contributed by atoms with Crippen LogP contribution in [0.3, 0.4) is 0 Å². The van der Waals surface area contributed by atoms with Gasteiger partial charge in [0.2, 0.25) is 6.41 Å². The lowest BCUT2D eigenvalue weighted by Crippen LogP contribution is -2.22. The number of anilines is 1. The van der Waals surface area contributed by atoms with Crippen LogP contribution in [0.1, 0.15) is 20.7 Å². The zero-order valence-electron chi connectivity index (χ0n) is 12.3. The van der Waals surface area contributed by atoms with Crippen molar-refractivity contribution in [3.63, 3.8) is 0 Å². The van der Waals surface area contributed by atoms with Crippen molar-refractivity contribution in [3.8, 4) is 0 Å². The van der Waals surface area contributed by atoms with E-state index in [2.05, 4.69) is 4.74 Å². The van der Waals surface area contributed by atoms with Gasteiger partial charge in [0.1, 0.15) is 4.90 Å². The maximum atomic E-state index is 11.9. The van der Waals surface area contributed by atoms with Crippen molar-refractivity contribution in [2.75, 3.05) is 5.32 Å². The van der Waals surface area contributed by atoms with Crippen LogP contribution >= 0.6 is 0 Å². The number of cyclic esters (lactones) is 2. The van der Waals surface area contributed by atoms with E-state index in [1.807, 2.05) is 5.32 Å². The fourth-order valence-electron chi connectivity index (χ4n) is 2.59. The number of esters is 2. The number of amides is 1. The SMILES string of the molecule is O=CNc1c(S(=O)(=O)O)cc2c3c(cc(S(=O)(=O)O)cc13)C(=O)OC2=O. The molecule has 1 aliphatic heterocycles. The molecule has 0 unspecified atom stereocenters. The molecule has 136 valence electrons. The molecule has 0 fully saturated rings. The molecule has 2 aromatic carbocycles. The third kappa shape index (κ3) is 2.72. The summed E-state index contributed by atoms with van der Waals surface area (Å²) in [6.07, 6.45) is 0.0365. The summed E-state index contributed by atoms with van der Waals surface area (Å²) in [5, 5.41) is 1.37. The predicted molar refractivity (Wildman–Crippen MR) is 83.0 cm³/mol. The van der Waals surface area contributed by atoms with Crippen LogP contribution in [0, 0.1) is 0 Å². The maximum Gasteiger partial charge on any atom is 0.346 e. The van der Waals surface area contributed by atoms with Gasteiger partial charge >= 0.3 is 11.9 Å². The number of rotatable bonds is 4. The number of carbonyl (C=O) groups excluding carboxylic acids is 3. The average Bonchev–Trinajstić information content (AvgIpc) is 2.51. The van der Waals surface area contributed by atoms with Crippen LogP contribution < -0.4 is 5.32 Å². The monoisotopic (exact) mass is 401 g/mol. The van der Waals surface area contributed by atoms with E-state index in [1.54, 1.807) is 0 Å². The molecule has 1 heterocycles. The molecule has 1 aliphatic rings. The number of nitrogens with one attached hydrogen (secondary N) is 1. The summed E-state index contributed by atoms with van der Waals surface area (Å²) in [7, 11) is -9.83. The minimum absolute atomic E-state index is 0.0365. The van der Waals surface area contributed by atoms with Gasteiger partial charge < -0.3 is 10.1 Å². The lowest BCUT2D eigenvalue weighted by atomic mass is 9.96. The van der Waals surface area contributed by atoms with E-state index in [-0.39, 0.29) is 11.8 Å². The van der Waals surface area contributed by atoms with Crippen LogP contribution in [-0.2, 0) is 29.8 Å². The highest BCUT2D eigenvalue weighted by Crippen LogP contribution is 2.39. The Hall–Kier alpha value is -2.87. The molecular formula is C13H7NO10S2. The van der Waals surface area contributed by atoms with E-state index in [0.717, 1.165) is 12.1 Å². The topological polar surface area (TPSA) is 181 Å². The third-order valence-electron chi connectivity index (χ3n) is 3.58. The Balaban J connectivity index is 2.66. The minimum Gasteiger partial charge on any atom is -0.386 e. The van der Waals surface area contributed by atoms with Gasteiger partial charge in [-0.2, -0.15) is 16.8 Å². The van der Waals surface area contributed by atoms with Crippen molar-refractivity contribution in [1.82, 2.24) is 0 Å². The summed E-state index contributed by atoms with van der Waals surface area (Å²) in [5.41, 5.74) is -1.50. The van der Waals surface area contributed by atoms with E-state index in [4.69, 9.17) is 0 Å². The molecule has 0 atom stereocenters. The van der Waals surface area contributed by atoms with E-state index in [9.17, 15) is 40.3 Å². The molecule has 2 aromatic rings. The van der Waals surface area contributed by atoms with Crippen LogP contribution in [0.25, 0.3) is 10.8 Å². The van der Waals surface area contributed by atoms with Crippen LogP contribution in [0.2, 0.25) is 0 Å². The van der Waals surface area contributed by atoms with Crippen LogP contribution in [0.4, 0.5) is 5.69 Å². The van der Waals surface area contributed by atoms with E-state index < -0.39 is 64.2 Å². The fraction of sp³-hybridized carbons (Fsp3) is 0. The lowest BCUT2D eigenvalue weighted by Gasteiger charge is -2.20. The Morgan fingerprint density at radius 1 is 0.923 bits per heavy atom. The Bertz CT molecular complexity index is 1210. The quantitative estimate of drug-likeness (QED) is 0.277. The Labute approximate surface area is 145 Å². The van der Waals surface area contributed by atoms with Gasteiger partial charge in [-0.05, 0) is 18.2 Å².